The standard InChI is InChI=1S/C19H22ClFN4O.C2HF3O2/c20-17-4-3-14(10-18(17)21)11-23-12-15-5-7-22-25(15)16(13-23)6-9-24-8-1-2-19(24)26;3-2(4,5)1(6)7/h3-5,7,10,16H,1-2,6,8-9,11-13H2;(H,6,7). The first-order valence-corrected chi connectivity index (χ1v) is 10.7. The van der Waals surface area contributed by atoms with E-state index in [0.29, 0.717) is 13.0 Å². The number of nitrogens with zero attached hydrogens (tertiary/aromatic N) is 4. The highest BCUT2D eigenvalue weighted by atomic mass is 35.5. The molecule has 0 bridgehead atoms. The number of carbonyl (C=O) groups excluding carboxylic acids is 1. The quantitative estimate of drug-likeness (QED) is 0.644. The molecule has 12 heteroatoms. The van der Waals surface area contributed by atoms with Crippen molar-refractivity contribution in [1.29, 1.82) is 0 Å². The fourth-order valence-electron chi connectivity index (χ4n) is 3.94. The van der Waals surface area contributed by atoms with Gasteiger partial charge in [0, 0.05) is 45.3 Å². The first-order valence-electron chi connectivity index (χ1n) is 10.3. The number of rotatable bonds is 5. The molecule has 0 spiro atoms. The lowest BCUT2D eigenvalue weighted by molar-refractivity contribution is -0.192. The number of hydrogen-bond acceptors (Lipinski definition) is 4. The molecule has 0 radical (unpaired) electrons. The Balaban J connectivity index is 0.000000383. The van der Waals surface area contributed by atoms with Gasteiger partial charge in [0.25, 0.3) is 0 Å². The van der Waals surface area contributed by atoms with E-state index in [1.54, 1.807) is 6.07 Å². The molecule has 7 nitrogen and oxygen atoms in total. The maximum Gasteiger partial charge on any atom is 0.490 e. The number of alkyl halides is 3. The summed E-state index contributed by atoms with van der Waals surface area (Å²) in [5, 5.41) is 11.8. The van der Waals surface area contributed by atoms with Crippen molar-refractivity contribution in [1.82, 2.24) is 19.6 Å². The molecule has 1 atom stereocenters. The topological polar surface area (TPSA) is 78.7 Å². The zero-order valence-electron chi connectivity index (χ0n) is 17.6. The SMILES string of the molecule is O=C(O)C(F)(F)F.O=C1CCCN1CCC1CN(Cc2ccc(Cl)c(F)c2)Cc2ccnn21. The highest BCUT2D eigenvalue weighted by Crippen LogP contribution is 2.26. The van der Waals surface area contributed by atoms with Crippen molar-refractivity contribution in [3.8, 4) is 0 Å². The number of aliphatic carboxylic acids is 1. The Kier molecular flexibility index (Phi) is 7.96. The van der Waals surface area contributed by atoms with Crippen LogP contribution in [0.4, 0.5) is 17.6 Å². The van der Waals surface area contributed by atoms with E-state index in [0.717, 1.165) is 50.3 Å². The molecular weight excluding hydrogens is 468 g/mol. The second kappa shape index (κ2) is 10.5. The summed E-state index contributed by atoms with van der Waals surface area (Å²) in [6.07, 6.45) is -0.739. The molecule has 1 fully saturated rings. The van der Waals surface area contributed by atoms with Gasteiger partial charge in [-0.3, -0.25) is 14.4 Å². The summed E-state index contributed by atoms with van der Waals surface area (Å²) in [5.74, 6) is -2.88. The van der Waals surface area contributed by atoms with Crippen molar-refractivity contribution < 1.29 is 32.3 Å². The third-order valence-corrected chi connectivity index (χ3v) is 5.80. The predicted molar refractivity (Wildman–Crippen MR) is 111 cm³/mol. The fraction of sp³-hybridized carbons (Fsp3) is 0.476. The normalized spacial score (nSPS) is 18.6. The largest absolute Gasteiger partial charge is 0.490 e. The summed E-state index contributed by atoms with van der Waals surface area (Å²) >= 11 is 5.78. The Morgan fingerprint density at radius 1 is 1.27 bits per heavy atom. The molecule has 3 heterocycles. The molecule has 0 saturated carbocycles. The van der Waals surface area contributed by atoms with E-state index in [-0.39, 0.29) is 22.8 Å². The minimum atomic E-state index is -5.08. The van der Waals surface area contributed by atoms with Gasteiger partial charge < -0.3 is 10.0 Å². The van der Waals surface area contributed by atoms with Crippen LogP contribution in [0.3, 0.4) is 0 Å². The summed E-state index contributed by atoms with van der Waals surface area (Å²) in [6.45, 7) is 3.92. The third-order valence-electron chi connectivity index (χ3n) is 5.49. The van der Waals surface area contributed by atoms with Gasteiger partial charge in [-0.2, -0.15) is 18.3 Å². The first-order chi connectivity index (χ1) is 15.5. The van der Waals surface area contributed by atoms with Crippen molar-refractivity contribution in [3.63, 3.8) is 0 Å². The minimum Gasteiger partial charge on any atom is -0.475 e. The minimum absolute atomic E-state index is 0.152. The van der Waals surface area contributed by atoms with Crippen LogP contribution in [-0.2, 0) is 22.7 Å². The van der Waals surface area contributed by atoms with Crippen LogP contribution in [0.15, 0.2) is 30.5 Å². The van der Waals surface area contributed by atoms with Gasteiger partial charge in [0.2, 0.25) is 5.91 Å². The number of amides is 1. The molecule has 1 amide bonds. The van der Waals surface area contributed by atoms with Gasteiger partial charge in [-0.1, -0.05) is 17.7 Å². The predicted octanol–water partition coefficient (Wildman–Crippen LogP) is 3.88. The van der Waals surface area contributed by atoms with Gasteiger partial charge in [0.15, 0.2) is 0 Å². The van der Waals surface area contributed by atoms with Crippen molar-refractivity contribution >= 4 is 23.5 Å². The summed E-state index contributed by atoms with van der Waals surface area (Å²) < 4.78 is 47.5. The van der Waals surface area contributed by atoms with Crippen LogP contribution in [0, 0.1) is 5.82 Å². The highest BCUT2D eigenvalue weighted by molar-refractivity contribution is 6.30. The summed E-state index contributed by atoms with van der Waals surface area (Å²) in [6, 6.07) is 7.24. The van der Waals surface area contributed by atoms with Crippen LogP contribution in [0.2, 0.25) is 5.02 Å². The average molecular weight is 491 g/mol. The highest BCUT2D eigenvalue weighted by Gasteiger charge is 2.38. The van der Waals surface area contributed by atoms with Gasteiger partial charge in [0.05, 0.1) is 16.8 Å². The molecule has 0 aliphatic carbocycles. The molecule has 1 aromatic heterocycles. The monoisotopic (exact) mass is 490 g/mol. The number of benzene rings is 1. The van der Waals surface area contributed by atoms with Crippen LogP contribution >= 0.6 is 11.6 Å². The van der Waals surface area contributed by atoms with Gasteiger partial charge in [-0.15, -0.1) is 0 Å². The third kappa shape index (κ3) is 6.67. The van der Waals surface area contributed by atoms with Crippen molar-refractivity contribution in [3.05, 3.63) is 52.6 Å². The molecule has 33 heavy (non-hydrogen) atoms. The molecule has 1 N–H and O–H groups in total. The Morgan fingerprint density at radius 2 is 2.00 bits per heavy atom. The summed E-state index contributed by atoms with van der Waals surface area (Å²) in [7, 11) is 0. The zero-order chi connectivity index (χ0) is 24.2. The zero-order valence-corrected chi connectivity index (χ0v) is 18.3. The van der Waals surface area contributed by atoms with Crippen LogP contribution in [0.25, 0.3) is 0 Å². The Morgan fingerprint density at radius 3 is 2.61 bits per heavy atom. The Bertz CT molecular complexity index is 998. The van der Waals surface area contributed by atoms with Gasteiger partial charge in [-0.05, 0) is 36.6 Å². The Labute approximate surface area is 192 Å². The number of halogens is 5. The van der Waals surface area contributed by atoms with E-state index in [2.05, 4.69) is 14.7 Å². The van der Waals surface area contributed by atoms with Gasteiger partial charge in [-0.25, -0.2) is 9.18 Å². The second-order valence-electron chi connectivity index (χ2n) is 7.91. The van der Waals surface area contributed by atoms with E-state index in [1.807, 2.05) is 23.2 Å². The lowest BCUT2D eigenvalue weighted by Crippen LogP contribution is -2.39. The molecule has 1 unspecified atom stereocenters. The van der Waals surface area contributed by atoms with E-state index in [9.17, 15) is 22.4 Å². The number of carbonyl (C=O) groups is 2. The molecule has 1 saturated heterocycles. The number of fused-ring (bicyclic) bond motifs is 1. The second-order valence-corrected chi connectivity index (χ2v) is 8.32. The molecule has 4 rings (SSSR count). The molecular formula is C21H23ClF4N4O3. The van der Waals surface area contributed by atoms with E-state index >= 15 is 0 Å². The number of likely N-dealkylation sites (tertiary alicyclic amines) is 1. The van der Waals surface area contributed by atoms with Crippen LogP contribution in [0.1, 0.15) is 36.6 Å². The summed E-state index contributed by atoms with van der Waals surface area (Å²) in [4.78, 5) is 25.0. The molecule has 180 valence electrons. The lowest BCUT2D eigenvalue weighted by atomic mass is 10.1. The maximum absolute atomic E-state index is 13.7. The number of aromatic nitrogens is 2. The smallest absolute Gasteiger partial charge is 0.475 e. The van der Waals surface area contributed by atoms with Crippen molar-refractivity contribution in [2.24, 2.45) is 0 Å². The van der Waals surface area contributed by atoms with Crippen molar-refractivity contribution in [2.45, 2.75) is 44.6 Å². The fourth-order valence-corrected chi connectivity index (χ4v) is 4.06. The molecule has 2 aliphatic rings. The van der Waals surface area contributed by atoms with Crippen LogP contribution in [-0.4, -0.2) is 62.4 Å². The first kappa shape index (κ1) is 25.0. The Hall–Kier alpha value is -2.66. The molecule has 2 aromatic rings. The maximum atomic E-state index is 13.7. The van der Waals surface area contributed by atoms with Crippen LogP contribution < -0.4 is 0 Å². The van der Waals surface area contributed by atoms with E-state index in [4.69, 9.17) is 21.5 Å². The lowest BCUT2D eigenvalue weighted by Gasteiger charge is -2.34. The van der Waals surface area contributed by atoms with Crippen LogP contribution in [0.5, 0.6) is 0 Å². The summed E-state index contributed by atoms with van der Waals surface area (Å²) in [5.41, 5.74) is 2.07. The van der Waals surface area contributed by atoms with Gasteiger partial charge in [0.1, 0.15) is 5.82 Å². The van der Waals surface area contributed by atoms with E-state index in [1.165, 1.54) is 6.07 Å². The van der Waals surface area contributed by atoms with Gasteiger partial charge >= 0.3 is 12.1 Å². The number of carboxylic acids is 1. The molecule has 2 aliphatic heterocycles. The van der Waals surface area contributed by atoms with E-state index < -0.39 is 12.1 Å². The van der Waals surface area contributed by atoms with Crippen molar-refractivity contribution in [2.75, 3.05) is 19.6 Å². The molecule has 1 aromatic carbocycles. The average Bonchev–Trinajstić information content (AvgIpc) is 3.37. The number of carboxylic acid groups (broad SMARTS) is 1. The number of hydrogen-bond donors (Lipinski definition) is 1.